The Morgan fingerprint density at radius 3 is 2.28 bits per heavy atom. The lowest BCUT2D eigenvalue weighted by molar-refractivity contribution is -0.0816. The lowest BCUT2D eigenvalue weighted by Crippen LogP contribution is -2.43. The minimum atomic E-state index is -4.80. The molecule has 1 atom stereocenters. The zero-order chi connectivity index (χ0) is 18.2. The molecule has 2 aromatic rings. The predicted octanol–water partition coefficient (Wildman–Crippen LogP) is 3.00. The van der Waals surface area contributed by atoms with Gasteiger partial charge >= 0.3 is 6.18 Å². The average Bonchev–Trinajstić information content (AvgIpc) is 2.95. The van der Waals surface area contributed by atoms with Crippen molar-refractivity contribution in [2.24, 2.45) is 5.10 Å². The summed E-state index contributed by atoms with van der Waals surface area (Å²) in [5.41, 5.74) is -3.75. The third kappa shape index (κ3) is 2.96. The van der Waals surface area contributed by atoms with Crippen LogP contribution in [-0.4, -0.2) is 33.0 Å². The zero-order valence-corrected chi connectivity index (χ0v) is 12.7. The highest BCUT2D eigenvalue weighted by atomic mass is 19.4. The molecule has 0 saturated carbocycles. The Morgan fingerprint density at radius 1 is 1.08 bits per heavy atom. The number of phenolic OH excluding ortho intramolecular Hbond substituents is 1. The van der Waals surface area contributed by atoms with Crippen molar-refractivity contribution in [1.29, 1.82) is 0 Å². The van der Waals surface area contributed by atoms with Crippen LogP contribution in [-0.2, 0) is 5.72 Å². The second-order valence-corrected chi connectivity index (χ2v) is 5.54. The SMILES string of the molecule is O=C(c1ccccc1O)N1N=C(C(F)(F)F)C[C@]1(O)c1ccccc1. The summed E-state index contributed by atoms with van der Waals surface area (Å²) < 4.78 is 39.3. The molecular formula is C17H13F3N2O3. The monoisotopic (exact) mass is 350 g/mol. The number of hydrogen-bond acceptors (Lipinski definition) is 4. The molecule has 1 heterocycles. The average molecular weight is 350 g/mol. The Morgan fingerprint density at radius 2 is 1.68 bits per heavy atom. The van der Waals surface area contributed by atoms with E-state index < -0.39 is 35.7 Å². The van der Waals surface area contributed by atoms with Crippen LogP contribution < -0.4 is 0 Å². The van der Waals surface area contributed by atoms with Gasteiger partial charge in [0.1, 0.15) is 11.5 Å². The van der Waals surface area contributed by atoms with Crippen molar-refractivity contribution in [3.05, 3.63) is 65.7 Å². The van der Waals surface area contributed by atoms with Crippen LogP contribution in [0.25, 0.3) is 0 Å². The number of rotatable bonds is 2. The molecule has 2 aromatic carbocycles. The van der Waals surface area contributed by atoms with Gasteiger partial charge in [-0.3, -0.25) is 4.79 Å². The number of para-hydroxylation sites is 1. The molecule has 2 N–H and O–H groups in total. The van der Waals surface area contributed by atoms with E-state index in [0.29, 0.717) is 5.01 Å². The number of benzene rings is 2. The van der Waals surface area contributed by atoms with Crippen LogP contribution in [0, 0.1) is 0 Å². The molecule has 25 heavy (non-hydrogen) atoms. The van der Waals surface area contributed by atoms with Crippen LogP contribution in [0.2, 0.25) is 0 Å². The van der Waals surface area contributed by atoms with Crippen LogP contribution in [0.4, 0.5) is 13.2 Å². The summed E-state index contributed by atoms with van der Waals surface area (Å²) in [6.45, 7) is 0. The highest BCUT2D eigenvalue weighted by molar-refractivity contribution is 6.01. The Hall–Kier alpha value is -2.87. The van der Waals surface area contributed by atoms with Gasteiger partial charge in [0.2, 0.25) is 0 Å². The lowest BCUT2D eigenvalue weighted by Gasteiger charge is -2.31. The van der Waals surface area contributed by atoms with Crippen LogP contribution in [0.5, 0.6) is 5.75 Å². The highest BCUT2D eigenvalue weighted by Gasteiger charge is 2.53. The largest absolute Gasteiger partial charge is 0.507 e. The highest BCUT2D eigenvalue weighted by Crippen LogP contribution is 2.40. The Balaban J connectivity index is 2.10. The van der Waals surface area contributed by atoms with Crippen LogP contribution in [0.1, 0.15) is 22.3 Å². The first-order chi connectivity index (χ1) is 11.7. The van der Waals surface area contributed by atoms with Gasteiger partial charge in [0.05, 0.1) is 12.0 Å². The molecule has 8 heteroatoms. The fourth-order valence-corrected chi connectivity index (χ4v) is 2.62. The van der Waals surface area contributed by atoms with Gasteiger partial charge in [-0.2, -0.15) is 23.3 Å². The number of hydrazone groups is 1. The molecule has 0 aromatic heterocycles. The fourth-order valence-electron chi connectivity index (χ4n) is 2.62. The normalized spacial score (nSPS) is 20.5. The van der Waals surface area contributed by atoms with E-state index in [1.54, 1.807) is 6.07 Å². The summed E-state index contributed by atoms with van der Waals surface area (Å²) in [7, 11) is 0. The van der Waals surface area contributed by atoms with Crippen LogP contribution in [0.15, 0.2) is 59.7 Å². The van der Waals surface area contributed by atoms with E-state index in [4.69, 9.17) is 0 Å². The summed E-state index contributed by atoms with van der Waals surface area (Å²) in [6, 6.07) is 12.9. The van der Waals surface area contributed by atoms with Gasteiger partial charge in [0, 0.05) is 5.56 Å². The summed E-state index contributed by atoms with van der Waals surface area (Å²) in [5, 5.41) is 24.4. The zero-order valence-electron chi connectivity index (χ0n) is 12.7. The van der Waals surface area contributed by atoms with Crippen molar-refractivity contribution in [3.8, 4) is 5.75 Å². The van der Waals surface area contributed by atoms with Crippen molar-refractivity contribution < 1.29 is 28.2 Å². The number of phenols is 1. The van der Waals surface area contributed by atoms with Crippen molar-refractivity contribution in [2.45, 2.75) is 18.3 Å². The Labute approximate surface area is 140 Å². The van der Waals surface area contributed by atoms with E-state index >= 15 is 0 Å². The third-order valence-electron chi connectivity index (χ3n) is 3.88. The maximum Gasteiger partial charge on any atom is 0.431 e. The van der Waals surface area contributed by atoms with Crippen molar-refractivity contribution >= 4 is 11.6 Å². The molecule has 1 amide bonds. The number of aromatic hydroxyl groups is 1. The van der Waals surface area contributed by atoms with E-state index in [2.05, 4.69) is 5.10 Å². The Kier molecular flexibility index (Phi) is 4.00. The van der Waals surface area contributed by atoms with E-state index in [1.807, 2.05) is 0 Å². The first kappa shape index (κ1) is 17.0. The third-order valence-corrected chi connectivity index (χ3v) is 3.88. The second-order valence-electron chi connectivity index (χ2n) is 5.54. The van der Waals surface area contributed by atoms with Gasteiger partial charge in [0.25, 0.3) is 5.91 Å². The lowest BCUT2D eigenvalue weighted by atomic mass is 9.96. The van der Waals surface area contributed by atoms with Crippen LogP contribution >= 0.6 is 0 Å². The number of carbonyl (C=O) groups excluding carboxylic acids is 1. The number of carbonyl (C=O) groups is 1. The predicted molar refractivity (Wildman–Crippen MR) is 82.7 cm³/mol. The van der Waals surface area contributed by atoms with E-state index in [0.717, 1.165) is 0 Å². The van der Waals surface area contributed by atoms with Gasteiger partial charge in [0.15, 0.2) is 5.72 Å². The fraction of sp³-hybridized carbons (Fsp3) is 0.176. The molecular weight excluding hydrogens is 337 g/mol. The molecule has 0 spiro atoms. The maximum atomic E-state index is 13.1. The summed E-state index contributed by atoms with van der Waals surface area (Å²) in [5.74, 6) is -1.46. The topological polar surface area (TPSA) is 73.1 Å². The molecule has 0 unspecified atom stereocenters. The quantitative estimate of drug-likeness (QED) is 0.874. The molecule has 1 aliphatic heterocycles. The number of amides is 1. The summed E-state index contributed by atoms with van der Waals surface area (Å²) in [6.07, 6.45) is -5.70. The molecule has 0 saturated heterocycles. The number of alkyl halides is 3. The molecule has 0 fully saturated rings. The molecule has 0 radical (unpaired) electrons. The van der Waals surface area contributed by atoms with E-state index in [1.165, 1.54) is 48.5 Å². The standard InChI is InChI=1S/C17H13F3N2O3/c18-17(19,20)14-10-16(25,11-6-2-1-3-7-11)22(21-14)15(24)12-8-4-5-9-13(12)23/h1-9,23,25H,10H2/t16-/m0/s1. The molecule has 0 bridgehead atoms. The molecule has 130 valence electrons. The van der Waals surface area contributed by atoms with E-state index in [-0.39, 0.29) is 11.1 Å². The smallest absolute Gasteiger partial charge is 0.431 e. The van der Waals surface area contributed by atoms with Crippen molar-refractivity contribution in [2.75, 3.05) is 0 Å². The van der Waals surface area contributed by atoms with Gasteiger partial charge < -0.3 is 10.2 Å². The molecule has 3 rings (SSSR count). The molecule has 0 aliphatic carbocycles. The van der Waals surface area contributed by atoms with Gasteiger partial charge in [-0.25, -0.2) is 0 Å². The Bertz CT molecular complexity index is 837. The van der Waals surface area contributed by atoms with Gasteiger partial charge in [-0.05, 0) is 12.1 Å². The van der Waals surface area contributed by atoms with E-state index in [9.17, 15) is 28.2 Å². The molecule has 5 nitrogen and oxygen atoms in total. The van der Waals surface area contributed by atoms with Gasteiger partial charge in [-0.15, -0.1) is 0 Å². The number of nitrogens with zero attached hydrogens (tertiary/aromatic N) is 2. The van der Waals surface area contributed by atoms with Crippen molar-refractivity contribution in [3.63, 3.8) is 0 Å². The first-order valence-electron chi connectivity index (χ1n) is 7.28. The summed E-state index contributed by atoms with van der Waals surface area (Å²) >= 11 is 0. The van der Waals surface area contributed by atoms with Crippen LogP contribution in [0.3, 0.4) is 0 Å². The minimum Gasteiger partial charge on any atom is -0.507 e. The van der Waals surface area contributed by atoms with Gasteiger partial charge in [-0.1, -0.05) is 42.5 Å². The number of aliphatic hydroxyl groups is 1. The minimum absolute atomic E-state index is 0.0850. The first-order valence-corrected chi connectivity index (χ1v) is 7.28. The summed E-state index contributed by atoms with van der Waals surface area (Å²) in [4.78, 5) is 12.7. The molecule has 1 aliphatic rings. The number of halogens is 3. The van der Waals surface area contributed by atoms with Crippen molar-refractivity contribution in [1.82, 2.24) is 5.01 Å². The maximum absolute atomic E-state index is 13.1. The second kappa shape index (κ2) is 5.89. The number of hydrogen-bond donors (Lipinski definition) is 2.